The van der Waals surface area contributed by atoms with Crippen molar-refractivity contribution in [1.29, 1.82) is 0 Å². The highest BCUT2D eigenvalue weighted by Crippen LogP contribution is 2.22. The van der Waals surface area contributed by atoms with Gasteiger partial charge >= 0.3 is 25.0 Å². The Kier molecular flexibility index (Phi) is 10.2. The van der Waals surface area contributed by atoms with Crippen LogP contribution in [0.3, 0.4) is 0 Å². The molecule has 3 rings (SSSR count). The molecule has 0 aliphatic carbocycles. The minimum absolute atomic E-state index is 0.244. The van der Waals surface area contributed by atoms with Gasteiger partial charge in [0, 0.05) is 6.08 Å². The van der Waals surface area contributed by atoms with Gasteiger partial charge in [-0.05, 0) is 85.4 Å². The van der Waals surface area contributed by atoms with E-state index < -0.39 is 25.0 Å². The number of ether oxygens (including phenoxy) is 4. The summed E-state index contributed by atoms with van der Waals surface area (Å²) in [7, 11) is -1.61. The quantitative estimate of drug-likeness (QED) is 0.122. The molecule has 10 heteroatoms. The normalized spacial score (nSPS) is 10.3. The van der Waals surface area contributed by atoms with Gasteiger partial charge in [0.2, 0.25) is 0 Å². The number of esters is 3. The third-order valence-electron chi connectivity index (χ3n) is 5.31. The summed E-state index contributed by atoms with van der Waals surface area (Å²) in [6, 6.07) is 16.8. The SMILES string of the molecule is C=CC(=O)OCCCCOc1ccc(C(=O)Oc2ccc(C(=O)Oc3ccc(B(O)O)cc3)cc2C)cc1. The van der Waals surface area contributed by atoms with Crippen molar-refractivity contribution in [3.8, 4) is 17.2 Å². The van der Waals surface area contributed by atoms with E-state index >= 15 is 0 Å². The van der Waals surface area contributed by atoms with Crippen molar-refractivity contribution < 1.29 is 43.4 Å². The number of hydrogen-bond donors (Lipinski definition) is 2. The smallest absolute Gasteiger partial charge is 0.488 e. The lowest BCUT2D eigenvalue weighted by Crippen LogP contribution is -2.29. The van der Waals surface area contributed by atoms with E-state index in [1.54, 1.807) is 37.3 Å². The monoisotopic (exact) mass is 518 g/mol. The van der Waals surface area contributed by atoms with E-state index in [1.807, 2.05) is 0 Å². The Morgan fingerprint density at radius 1 is 0.816 bits per heavy atom. The van der Waals surface area contributed by atoms with Crippen molar-refractivity contribution in [1.82, 2.24) is 0 Å². The molecule has 0 saturated carbocycles. The summed E-state index contributed by atoms with van der Waals surface area (Å²) in [4.78, 5) is 36.0. The van der Waals surface area contributed by atoms with Gasteiger partial charge in [0.05, 0.1) is 24.3 Å². The maximum absolute atomic E-state index is 12.6. The van der Waals surface area contributed by atoms with Crippen molar-refractivity contribution in [2.45, 2.75) is 19.8 Å². The van der Waals surface area contributed by atoms with E-state index in [9.17, 15) is 14.4 Å². The molecule has 196 valence electrons. The van der Waals surface area contributed by atoms with E-state index in [0.717, 1.165) is 6.08 Å². The van der Waals surface area contributed by atoms with Crippen LogP contribution in [0.5, 0.6) is 17.2 Å². The molecule has 3 aromatic carbocycles. The van der Waals surface area contributed by atoms with Gasteiger partial charge < -0.3 is 29.0 Å². The van der Waals surface area contributed by atoms with Crippen LogP contribution >= 0.6 is 0 Å². The Balaban J connectivity index is 1.49. The van der Waals surface area contributed by atoms with Crippen LogP contribution < -0.4 is 19.7 Å². The third kappa shape index (κ3) is 8.33. The van der Waals surface area contributed by atoms with Gasteiger partial charge in [-0.3, -0.25) is 0 Å². The van der Waals surface area contributed by atoms with Crippen molar-refractivity contribution in [3.05, 3.63) is 96.1 Å². The Morgan fingerprint density at radius 2 is 1.42 bits per heavy atom. The average molecular weight is 518 g/mol. The van der Waals surface area contributed by atoms with Crippen molar-refractivity contribution in [3.63, 3.8) is 0 Å². The third-order valence-corrected chi connectivity index (χ3v) is 5.31. The Bertz CT molecular complexity index is 1270. The number of carbonyl (C=O) groups is 3. The maximum Gasteiger partial charge on any atom is 0.488 e. The predicted molar refractivity (Wildman–Crippen MR) is 140 cm³/mol. The molecule has 0 aromatic heterocycles. The van der Waals surface area contributed by atoms with Crippen LogP contribution in [0.25, 0.3) is 0 Å². The fourth-order valence-corrected chi connectivity index (χ4v) is 3.24. The molecular formula is C28H27BO9. The molecule has 0 unspecified atom stereocenters. The van der Waals surface area contributed by atoms with Crippen molar-refractivity contribution >= 4 is 30.5 Å². The van der Waals surface area contributed by atoms with Gasteiger partial charge in [0.1, 0.15) is 17.2 Å². The summed E-state index contributed by atoms with van der Waals surface area (Å²) < 4.78 is 21.3. The number of hydrogen-bond acceptors (Lipinski definition) is 9. The van der Waals surface area contributed by atoms with E-state index in [4.69, 9.17) is 29.0 Å². The zero-order valence-electron chi connectivity index (χ0n) is 20.8. The van der Waals surface area contributed by atoms with E-state index in [-0.39, 0.29) is 16.8 Å². The summed E-state index contributed by atoms with van der Waals surface area (Å²) in [6.07, 6.45) is 2.46. The lowest BCUT2D eigenvalue weighted by atomic mass is 9.80. The van der Waals surface area contributed by atoms with Crippen LogP contribution in [0.2, 0.25) is 0 Å². The maximum atomic E-state index is 12.6. The summed E-state index contributed by atoms with van der Waals surface area (Å²) in [5.74, 6) is -0.501. The van der Waals surface area contributed by atoms with Gasteiger partial charge in [-0.25, -0.2) is 14.4 Å². The Labute approximate surface area is 220 Å². The molecular weight excluding hydrogens is 491 g/mol. The van der Waals surface area contributed by atoms with Crippen LogP contribution in [0.1, 0.15) is 39.1 Å². The van der Waals surface area contributed by atoms with Crippen LogP contribution in [-0.2, 0) is 9.53 Å². The molecule has 0 fully saturated rings. The summed E-state index contributed by atoms with van der Waals surface area (Å²) >= 11 is 0. The van der Waals surface area contributed by atoms with Crippen LogP contribution in [-0.4, -0.2) is 48.3 Å². The lowest BCUT2D eigenvalue weighted by Gasteiger charge is -2.10. The van der Waals surface area contributed by atoms with Gasteiger partial charge in [-0.15, -0.1) is 0 Å². The summed E-state index contributed by atoms with van der Waals surface area (Å²) in [6.45, 7) is 5.76. The van der Waals surface area contributed by atoms with Gasteiger partial charge in [-0.1, -0.05) is 18.7 Å². The molecule has 0 amide bonds. The molecule has 3 aromatic rings. The topological polar surface area (TPSA) is 129 Å². The highest BCUT2D eigenvalue weighted by molar-refractivity contribution is 6.58. The Hall–Kier alpha value is -4.41. The summed E-state index contributed by atoms with van der Waals surface area (Å²) in [5, 5.41) is 18.3. The van der Waals surface area contributed by atoms with Gasteiger partial charge in [0.25, 0.3) is 0 Å². The minimum atomic E-state index is -1.61. The zero-order valence-corrected chi connectivity index (χ0v) is 20.8. The molecule has 0 bridgehead atoms. The molecule has 0 aliphatic heterocycles. The van der Waals surface area contributed by atoms with Crippen molar-refractivity contribution in [2.75, 3.05) is 13.2 Å². The largest absolute Gasteiger partial charge is 0.494 e. The fourth-order valence-electron chi connectivity index (χ4n) is 3.24. The standard InChI is InChI=1S/C28H27BO9/c1-3-26(30)36-17-5-4-16-35-23-11-6-20(7-12-23)27(31)38-25-15-8-21(18-19(25)2)28(32)37-24-13-9-22(10-14-24)29(33)34/h3,6-15,18,33-34H,1,4-5,16-17H2,2H3. The van der Waals surface area contributed by atoms with E-state index in [1.165, 1.54) is 36.4 Å². The summed E-state index contributed by atoms with van der Waals surface area (Å²) in [5.41, 5.74) is 1.42. The molecule has 0 saturated heterocycles. The molecule has 0 radical (unpaired) electrons. The first kappa shape index (κ1) is 28.2. The van der Waals surface area contributed by atoms with Crippen molar-refractivity contribution in [2.24, 2.45) is 0 Å². The second kappa shape index (κ2) is 13.8. The van der Waals surface area contributed by atoms with Gasteiger partial charge in [-0.2, -0.15) is 0 Å². The molecule has 38 heavy (non-hydrogen) atoms. The molecule has 0 spiro atoms. The molecule has 0 heterocycles. The lowest BCUT2D eigenvalue weighted by molar-refractivity contribution is -0.137. The highest BCUT2D eigenvalue weighted by Gasteiger charge is 2.15. The van der Waals surface area contributed by atoms with E-state index in [0.29, 0.717) is 48.7 Å². The molecule has 0 aliphatic rings. The first-order chi connectivity index (χ1) is 18.3. The van der Waals surface area contributed by atoms with E-state index in [2.05, 4.69) is 6.58 Å². The average Bonchev–Trinajstić information content (AvgIpc) is 2.92. The second-order valence-electron chi connectivity index (χ2n) is 8.15. The van der Waals surface area contributed by atoms with Crippen LogP contribution in [0.4, 0.5) is 0 Å². The van der Waals surface area contributed by atoms with Gasteiger partial charge in [0.15, 0.2) is 0 Å². The molecule has 9 nitrogen and oxygen atoms in total. The van der Waals surface area contributed by atoms with Crippen LogP contribution in [0, 0.1) is 6.92 Å². The van der Waals surface area contributed by atoms with Crippen LogP contribution in [0.15, 0.2) is 79.4 Å². The predicted octanol–water partition coefficient (Wildman–Crippen LogP) is 3.00. The number of aryl methyl sites for hydroxylation is 1. The molecule has 0 atom stereocenters. The zero-order chi connectivity index (χ0) is 27.5. The molecule has 2 N–H and O–H groups in total. The number of benzene rings is 3. The highest BCUT2D eigenvalue weighted by atomic mass is 16.5. The first-order valence-corrected chi connectivity index (χ1v) is 11.8. The second-order valence-corrected chi connectivity index (χ2v) is 8.15. The Morgan fingerprint density at radius 3 is 2.05 bits per heavy atom. The number of unbranched alkanes of at least 4 members (excludes halogenated alkanes) is 1. The minimum Gasteiger partial charge on any atom is -0.494 e. The number of carbonyl (C=O) groups excluding carboxylic acids is 3. The number of rotatable bonds is 12. The fraction of sp³-hybridized carbons (Fsp3) is 0.179. The first-order valence-electron chi connectivity index (χ1n) is 11.8.